The molecule has 0 aromatic rings. The predicted octanol–water partition coefficient (Wildman–Crippen LogP) is 3.12. The minimum absolute atomic E-state index is 0.110. The van der Waals surface area contributed by atoms with Crippen LogP contribution in [0.4, 0.5) is 0 Å². The number of carbonyl (C=O) groups is 1. The van der Waals surface area contributed by atoms with E-state index >= 15 is 0 Å². The summed E-state index contributed by atoms with van der Waals surface area (Å²) in [6.45, 7) is 6.67. The molecular weight excluding hydrogens is 256 g/mol. The third-order valence-corrected chi connectivity index (χ3v) is 4.71. The standard InChI is InChI=1S/C15H28N2OS/c1-5-6-12(13(16)19)14(18)17(4)11-7-9-15(2,3)10-8-11/h11-12H,5-10H2,1-4H3,(H2,16,19). The van der Waals surface area contributed by atoms with Crippen molar-refractivity contribution in [1.82, 2.24) is 4.90 Å². The van der Waals surface area contributed by atoms with Gasteiger partial charge in [0.25, 0.3) is 0 Å². The summed E-state index contributed by atoms with van der Waals surface area (Å²) in [6.07, 6.45) is 6.23. The van der Waals surface area contributed by atoms with Gasteiger partial charge in [-0.25, -0.2) is 0 Å². The Morgan fingerprint density at radius 3 is 2.37 bits per heavy atom. The van der Waals surface area contributed by atoms with Gasteiger partial charge >= 0.3 is 0 Å². The van der Waals surface area contributed by atoms with E-state index in [9.17, 15) is 4.79 Å². The van der Waals surface area contributed by atoms with E-state index in [1.54, 1.807) is 0 Å². The summed E-state index contributed by atoms with van der Waals surface area (Å²) in [7, 11) is 1.91. The molecule has 0 radical (unpaired) electrons. The van der Waals surface area contributed by atoms with Crippen LogP contribution in [0.3, 0.4) is 0 Å². The second-order valence-corrected chi connectivity index (χ2v) is 7.06. The van der Waals surface area contributed by atoms with Gasteiger partial charge in [-0.15, -0.1) is 0 Å². The van der Waals surface area contributed by atoms with Crippen LogP contribution in [-0.4, -0.2) is 28.9 Å². The second-order valence-electron chi connectivity index (χ2n) is 6.59. The second kappa shape index (κ2) is 6.69. The largest absolute Gasteiger partial charge is 0.393 e. The molecule has 0 aromatic heterocycles. The van der Waals surface area contributed by atoms with E-state index in [1.807, 2.05) is 11.9 Å². The Kier molecular flexibility index (Phi) is 5.78. The lowest BCUT2D eigenvalue weighted by Crippen LogP contribution is -2.46. The number of amides is 1. The van der Waals surface area contributed by atoms with E-state index in [4.69, 9.17) is 18.0 Å². The molecule has 1 atom stereocenters. The van der Waals surface area contributed by atoms with Gasteiger partial charge in [0, 0.05) is 13.1 Å². The highest BCUT2D eigenvalue weighted by molar-refractivity contribution is 7.80. The van der Waals surface area contributed by atoms with Gasteiger partial charge in [0.2, 0.25) is 5.91 Å². The van der Waals surface area contributed by atoms with Crippen molar-refractivity contribution in [2.45, 2.75) is 65.3 Å². The van der Waals surface area contributed by atoms with E-state index < -0.39 is 0 Å². The average Bonchev–Trinajstić information content (AvgIpc) is 2.34. The number of hydrogen-bond donors (Lipinski definition) is 1. The Bertz CT molecular complexity index is 331. The number of hydrogen-bond acceptors (Lipinski definition) is 2. The van der Waals surface area contributed by atoms with Gasteiger partial charge in [0.05, 0.1) is 10.9 Å². The van der Waals surface area contributed by atoms with Gasteiger partial charge in [0.15, 0.2) is 0 Å². The maximum atomic E-state index is 12.5. The van der Waals surface area contributed by atoms with Gasteiger partial charge in [-0.2, -0.15) is 0 Å². The molecule has 1 fully saturated rings. The molecule has 1 saturated carbocycles. The van der Waals surface area contributed by atoms with Crippen LogP contribution in [0.25, 0.3) is 0 Å². The molecule has 1 rings (SSSR count). The van der Waals surface area contributed by atoms with Crippen LogP contribution in [0.15, 0.2) is 0 Å². The molecule has 0 aliphatic heterocycles. The van der Waals surface area contributed by atoms with Crippen molar-refractivity contribution in [3.05, 3.63) is 0 Å². The van der Waals surface area contributed by atoms with Crippen LogP contribution in [0.2, 0.25) is 0 Å². The molecule has 0 heterocycles. The Labute approximate surface area is 122 Å². The monoisotopic (exact) mass is 284 g/mol. The van der Waals surface area contributed by atoms with Gasteiger partial charge < -0.3 is 10.6 Å². The third kappa shape index (κ3) is 4.44. The zero-order chi connectivity index (χ0) is 14.6. The zero-order valence-corrected chi connectivity index (χ0v) is 13.6. The van der Waals surface area contributed by atoms with Crippen LogP contribution in [0, 0.1) is 11.3 Å². The first-order valence-corrected chi connectivity index (χ1v) is 7.75. The molecule has 4 heteroatoms. The number of nitrogens with two attached hydrogens (primary N) is 1. The van der Waals surface area contributed by atoms with Crippen LogP contribution >= 0.6 is 12.2 Å². The van der Waals surface area contributed by atoms with Gasteiger partial charge in [0.1, 0.15) is 0 Å². The van der Waals surface area contributed by atoms with Crippen molar-refractivity contribution in [3.8, 4) is 0 Å². The van der Waals surface area contributed by atoms with E-state index in [2.05, 4.69) is 20.8 Å². The van der Waals surface area contributed by atoms with E-state index in [0.717, 1.165) is 25.7 Å². The van der Waals surface area contributed by atoms with Crippen molar-refractivity contribution in [3.63, 3.8) is 0 Å². The molecule has 3 nitrogen and oxygen atoms in total. The molecule has 0 bridgehead atoms. The summed E-state index contributed by atoms with van der Waals surface area (Å²) in [5.41, 5.74) is 6.14. The normalized spacial score (nSPS) is 20.8. The Hall–Kier alpha value is -0.640. The van der Waals surface area contributed by atoms with E-state index in [0.29, 0.717) is 16.4 Å². The van der Waals surface area contributed by atoms with E-state index in [1.165, 1.54) is 12.8 Å². The fourth-order valence-electron chi connectivity index (χ4n) is 2.87. The van der Waals surface area contributed by atoms with Crippen molar-refractivity contribution < 1.29 is 4.79 Å². The van der Waals surface area contributed by atoms with Crippen molar-refractivity contribution in [2.24, 2.45) is 17.1 Å². The first-order valence-electron chi connectivity index (χ1n) is 7.34. The van der Waals surface area contributed by atoms with Gasteiger partial charge in [-0.1, -0.05) is 39.4 Å². The highest BCUT2D eigenvalue weighted by Crippen LogP contribution is 2.36. The van der Waals surface area contributed by atoms with Gasteiger partial charge in [-0.05, 0) is 37.5 Å². The molecule has 0 saturated heterocycles. The highest BCUT2D eigenvalue weighted by atomic mass is 32.1. The molecule has 1 unspecified atom stereocenters. The topological polar surface area (TPSA) is 46.3 Å². The third-order valence-electron chi connectivity index (χ3n) is 4.42. The van der Waals surface area contributed by atoms with Crippen LogP contribution in [-0.2, 0) is 4.79 Å². The van der Waals surface area contributed by atoms with Crippen molar-refractivity contribution >= 4 is 23.1 Å². The molecule has 1 aliphatic rings. The number of carbonyl (C=O) groups excluding carboxylic acids is 1. The minimum atomic E-state index is -0.278. The number of rotatable bonds is 5. The molecular formula is C15H28N2OS. The first kappa shape index (κ1) is 16.4. The molecule has 110 valence electrons. The Morgan fingerprint density at radius 2 is 1.95 bits per heavy atom. The predicted molar refractivity (Wildman–Crippen MR) is 84.0 cm³/mol. The fourth-order valence-corrected chi connectivity index (χ4v) is 3.09. The SMILES string of the molecule is CCCC(C(=O)N(C)C1CCC(C)(C)CC1)C(N)=S. The zero-order valence-electron chi connectivity index (χ0n) is 12.7. The summed E-state index contributed by atoms with van der Waals surface area (Å²) in [6, 6.07) is 0.356. The quantitative estimate of drug-likeness (QED) is 0.789. The van der Waals surface area contributed by atoms with E-state index in [-0.39, 0.29) is 11.8 Å². The van der Waals surface area contributed by atoms with Crippen molar-refractivity contribution in [2.75, 3.05) is 7.05 Å². The summed E-state index contributed by atoms with van der Waals surface area (Å²) >= 11 is 5.05. The Balaban J connectivity index is 2.63. The molecule has 2 N–H and O–H groups in total. The van der Waals surface area contributed by atoms with Crippen LogP contribution in [0.1, 0.15) is 59.3 Å². The summed E-state index contributed by atoms with van der Waals surface area (Å²) in [4.78, 5) is 14.7. The van der Waals surface area contributed by atoms with Crippen LogP contribution < -0.4 is 5.73 Å². The number of thiocarbonyl (C=S) groups is 1. The smallest absolute Gasteiger partial charge is 0.232 e. The number of nitrogens with zero attached hydrogens (tertiary/aromatic N) is 1. The molecule has 1 aliphatic carbocycles. The highest BCUT2D eigenvalue weighted by Gasteiger charge is 2.33. The lowest BCUT2D eigenvalue weighted by atomic mass is 9.75. The minimum Gasteiger partial charge on any atom is -0.393 e. The van der Waals surface area contributed by atoms with Gasteiger partial charge in [-0.3, -0.25) is 4.79 Å². The maximum Gasteiger partial charge on any atom is 0.232 e. The molecule has 0 aromatic carbocycles. The summed E-state index contributed by atoms with van der Waals surface area (Å²) in [5, 5.41) is 0. The molecule has 19 heavy (non-hydrogen) atoms. The fraction of sp³-hybridized carbons (Fsp3) is 0.867. The summed E-state index contributed by atoms with van der Waals surface area (Å²) in [5.74, 6) is -0.168. The lowest BCUT2D eigenvalue weighted by molar-refractivity contribution is -0.135. The maximum absolute atomic E-state index is 12.5. The van der Waals surface area contributed by atoms with Crippen LogP contribution in [0.5, 0.6) is 0 Å². The average molecular weight is 284 g/mol. The molecule has 1 amide bonds. The summed E-state index contributed by atoms with van der Waals surface area (Å²) < 4.78 is 0. The Morgan fingerprint density at radius 1 is 1.42 bits per heavy atom. The first-order chi connectivity index (χ1) is 8.78. The lowest BCUT2D eigenvalue weighted by Gasteiger charge is -2.39. The molecule has 0 spiro atoms. The van der Waals surface area contributed by atoms with Crippen molar-refractivity contribution in [1.29, 1.82) is 0 Å².